The number of alkyl halides is 1. The van der Waals surface area contributed by atoms with Crippen LogP contribution in [-0.4, -0.2) is 27.9 Å². The molecule has 0 amide bonds. The first-order chi connectivity index (χ1) is 6.88. The van der Waals surface area contributed by atoms with E-state index in [0.717, 1.165) is 31.1 Å². The average molecular weight is 216 g/mol. The van der Waals surface area contributed by atoms with Crippen LogP contribution in [-0.2, 0) is 17.0 Å². The molecule has 0 saturated carbocycles. The maximum Gasteiger partial charge on any atom is 0.153 e. The fraction of sp³-hybridized carbons (Fsp3) is 0.778. The maximum absolute atomic E-state index is 5.62. The quantitative estimate of drug-likeness (QED) is 0.781. The van der Waals surface area contributed by atoms with Gasteiger partial charge in [-0.3, -0.25) is 5.10 Å². The van der Waals surface area contributed by atoms with E-state index in [1.807, 2.05) is 0 Å². The summed E-state index contributed by atoms with van der Waals surface area (Å²) in [5.74, 6) is 1.93. The van der Waals surface area contributed by atoms with Crippen molar-refractivity contribution in [3.8, 4) is 0 Å². The number of aromatic nitrogens is 3. The number of rotatable bonds is 3. The molecule has 4 nitrogen and oxygen atoms in total. The third-order valence-corrected chi connectivity index (χ3v) is 2.64. The van der Waals surface area contributed by atoms with E-state index in [9.17, 15) is 0 Å². The molecule has 5 heteroatoms. The number of ether oxygens (including phenoxy) is 1. The monoisotopic (exact) mass is 215 g/mol. The second-order valence-corrected chi connectivity index (χ2v) is 3.79. The normalized spacial score (nSPS) is 22.5. The first kappa shape index (κ1) is 9.93. The van der Waals surface area contributed by atoms with Crippen LogP contribution in [0.25, 0.3) is 0 Å². The van der Waals surface area contributed by atoms with E-state index in [1.54, 1.807) is 0 Å². The van der Waals surface area contributed by atoms with E-state index in [2.05, 4.69) is 15.2 Å². The minimum Gasteiger partial charge on any atom is -0.378 e. The molecular weight excluding hydrogens is 202 g/mol. The van der Waals surface area contributed by atoms with Crippen molar-refractivity contribution in [2.45, 2.75) is 37.7 Å². The highest BCUT2D eigenvalue weighted by atomic mass is 35.5. The molecule has 0 spiro atoms. The van der Waals surface area contributed by atoms with E-state index in [1.165, 1.54) is 12.8 Å². The second kappa shape index (κ2) is 4.75. The van der Waals surface area contributed by atoms with Gasteiger partial charge in [0.2, 0.25) is 0 Å². The van der Waals surface area contributed by atoms with E-state index < -0.39 is 0 Å². The molecule has 1 fully saturated rings. The number of aromatic amines is 1. The Hall–Kier alpha value is -0.610. The van der Waals surface area contributed by atoms with Gasteiger partial charge in [-0.2, -0.15) is 5.10 Å². The number of hydrogen-bond donors (Lipinski definition) is 1. The SMILES string of the molecule is ClCc1nc(CC2CCCCO2)n[nH]1. The highest BCUT2D eigenvalue weighted by molar-refractivity contribution is 6.16. The van der Waals surface area contributed by atoms with Crippen LogP contribution >= 0.6 is 11.6 Å². The van der Waals surface area contributed by atoms with Crippen molar-refractivity contribution in [2.75, 3.05) is 6.61 Å². The molecule has 14 heavy (non-hydrogen) atoms. The van der Waals surface area contributed by atoms with E-state index in [0.29, 0.717) is 12.0 Å². The van der Waals surface area contributed by atoms with Crippen molar-refractivity contribution < 1.29 is 4.74 Å². The van der Waals surface area contributed by atoms with Gasteiger partial charge >= 0.3 is 0 Å². The highest BCUT2D eigenvalue weighted by Gasteiger charge is 2.16. The molecule has 1 atom stereocenters. The van der Waals surface area contributed by atoms with Gasteiger partial charge in [-0.15, -0.1) is 11.6 Å². The van der Waals surface area contributed by atoms with Crippen LogP contribution in [0, 0.1) is 0 Å². The fourth-order valence-corrected chi connectivity index (χ4v) is 1.78. The molecule has 0 bridgehead atoms. The molecular formula is C9H14ClN3O. The molecule has 2 rings (SSSR count). The summed E-state index contributed by atoms with van der Waals surface area (Å²) >= 11 is 5.62. The largest absolute Gasteiger partial charge is 0.378 e. The van der Waals surface area contributed by atoms with Crippen molar-refractivity contribution in [2.24, 2.45) is 0 Å². The molecule has 0 radical (unpaired) electrons. The number of halogens is 1. The standard InChI is InChI=1S/C9H14ClN3O/c10-6-9-11-8(12-13-9)5-7-3-1-2-4-14-7/h7H,1-6H2,(H,11,12,13). The Morgan fingerprint density at radius 3 is 3.07 bits per heavy atom. The summed E-state index contributed by atoms with van der Waals surface area (Å²) in [6, 6.07) is 0. The minimum absolute atomic E-state index is 0.294. The van der Waals surface area contributed by atoms with Crippen LogP contribution < -0.4 is 0 Å². The highest BCUT2D eigenvalue weighted by Crippen LogP contribution is 2.15. The van der Waals surface area contributed by atoms with Gasteiger partial charge in [-0.25, -0.2) is 4.98 Å². The van der Waals surface area contributed by atoms with E-state index in [4.69, 9.17) is 16.3 Å². The molecule has 1 aromatic rings. The summed E-state index contributed by atoms with van der Waals surface area (Å²) in [6.07, 6.45) is 4.63. The van der Waals surface area contributed by atoms with E-state index >= 15 is 0 Å². The number of hydrogen-bond acceptors (Lipinski definition) is 3. The van der Waals surface area contributed by atoms with Crippen molar-refractivity contribution in [1.82, 2.24) is 15.2 Å². The summed E-state index contributed by atoms with van der Waals surface area (Å²) in [6.45, 7) is 0.872. The van der Waals surface area contributed by atoms with Gasteiger partial charge in [0, 0.05) is 13.0 Å². The first-order valence-corrected chi connectivity index (χ1v) is 5.49. The fourth-order valence-electron chi connectivity index (χ4n) is 1.66. The zero-order valence-electron chi connectivity index (χ0n) is 8.00. The Bertz CT molecular complexity index is 283. The van der Waals surface area contributed by atoms with Gasteiger partial charge in [0.1, 0.15) is 5.82 Å². The molecule has 1 aliphatic heterocycles. The topological polar surface area (TPSA) is 50.8 Å². The Morgan fingerprint density at radius 1 is 1.50 bits per heavy atom. The van der Waals surface area contributed by atoms with Crippen LogP contribution in [0.2, 0.25) is 0 Å². The third-order valence-electron chi connectivity index (χ3n) is 2.39. The lowest BCUT2D eigenvalue weighted by molar-refractivity contribution is 0.0157. The molecule has 1 aliphatic rings. The second-order valence-electron chi connectivity index (χ2n) is 3.52. The van der Waals surface area contributed by atoms with Gasteiger partial charge in [0.25, 0.3) is 0 Å². The summed E-state index contributed by atoms with van der Waals surface area (Å²) in [7, 11) is 0. The number of H-pyrrole nitrogens is 1. The third kappa shape index (κ3) is 2.45. The predicted molar refractivity (Wildman–Crippen MR) is 53.2 cm³/mol. The summed E-state index contributed by atoms with van der Waals surface area (Å²) in [5.41, 5.74) is 0. The number of nitrogens with zero attached hydrogens (tertiary/aromatic N) is 2. The van der Waals surface area contributed by atoms with E-state index in [-0.39, 0.29) is 0 Å². The molecule has 0 aliphatic carbocycles. The summed E-state index contributed by atoms with van der Waals surface area (Å²) < 4.78 is 5.60. The lowest BCUT2D eigenvalue weighted by Gasteiger charge is -2.20. The van der Waals surface area contributed by atoms with Crippen molar-refractivity contribution in [1.29, 1.82) is 0 Å². The van der Waals surface area contributed by atoms with Crippen LogP contribution in [0.1, 0.15) is 30.9 Å². The zero-order valence-corrected chi connectivity index (χ0v) is 8.76. The Morgan fingerprint density at radius 2 is 2.43 bits per heavy atom. The van der Waals surface area contributed by atoms with Gasteiger partial charge < -0.3 is 4.74 Å². The molecule has 1 saturated heterocycles. The summed E-state index contributed by atoms with van der Waals surface area (Å²) in [4.78, 5) is 4.24. The maximum atomic E-state index is 5.62. The van der Waals surface area contributed by atoms with Gasteiger partial charge in [0.05, 0.1) is 12.0 Å². The molecule has 1 unspecified atom stereocenters. The first-order valence-electron chi connectivity index (χ1n) is 4.96. The average Bonchev–Trinajstić information content (AvgIpc) is 2.67. The van der Waals surface area contributed by atoms with Gasteiger partial charge in [-0.05, 0) is 19.3 Å². The van der Waals surface area contributed by atoms with Crippen LogP contribution in [0.3, 0.4) is 0 Å². The molecule has 2 heterocycles. The van der Waals surface area contributed by atoms with Crippen molar-refractivity contribution in [3.05, 3.63) is 11.6 Å². The Kier molecular flexibility index (Phi) is 3.37. The predicted octanol–water partition coefficient (Wildman–Crippen LogP) is 1.66. The van der Waals surface area contributed by atoms with Gasteiger partial charge in [0.15, 0.2) is 5.82 Å². The molecule has 0 aromatic carbocycles. The van der Waals surface area contributed by atoms with Crippen LogP contribution in [0.4, 0.5) is 0 Å². The van der Waals surface area contributed by atoms with Gasteiger partial charge in [-0.1, -0.05) is 0 Å². The Balaban J connectivity index is 1.89. The Labute approximate surface area is 88.0 Å². The van der Waals surface area contributed by atoms with Crippen LogP contribution in [0.5, 0.6) is 0 Å². The molecule has 1 aromatic heterocycles. The number of nitrogens with one attached hydrogen (secondary N) is 1. The smallest absolute Gasteiger partial charge is 0.153 e. The lowest BCUT2D eigenvalue weighted by Crippen LogP contribution is -2.21. The summed E-state index contributed by atoms with van der Waals surface area (Å²) in [5, 5.41) is 6.88. The zero-order chi connectivity index (χ0) is 9.80. The van der Waals surface area contributed by atoms with Crippen LogP contribution in [0.15, 0.2) is 0 Å². The minimum atomic E-state index is 0.294. The molecule has 78 valence electrons. The van der Waals surface area contributed by atoms with Crippen molar-refractivity contribution in [3.63, 3.8) is 0 Å². The lowest BCUT2D eigenvalue weighted by atomic mass is 10.1. The van der Waals surface area contributed by atoms with Crippen molar-refractivity contribution >= 4 is 11.6 Å². The molecule has 1 N–H and O–H groups in total.